The fourth-order valence-corrected chi connectivity index (χ4v) is 4.57. The lowest BCUT2D eigenvalue weighted by Crippen LogP contribution is -2.38. The summed E-state index contributed by atoms with van der Waals surface area (Å²) in [5, 5.41) is 10.6. The molecule has 3 aromatic heterocycles. The standard InChI is InChI=1S/C21H24N6O3S/c1-13(2)11-27-20(26-7-9-29-10-8-26)24-25-21(27)31-12-16-22-17-14-5-3-4-6-15(14)30-18(17)19(28)23-16/h3-6,13H,7-12H2,1-2H3,(H,22,23,28). The van der Waals surface area contributed by atoms with Gasteiger partial charge in [-0.2, -0.15) is 0 Å². The van der Waals surface area contributed by atoms with Gasteiger partial charge in [0.05, 0.1) is 19.0 Å². The Kier molecular flexibility index (Phi) is 5.41. The number of thioether (sulfide) groups is 1. The normalized spacial score (nSPS) is 14.9. The van der Waals surface area contributed by atoms with Gasteiger partial charge in [0.1, 0.15) is 16.9 Å². The van der Waals surface area contributed by atoms with Crippen LogP contribution in [0.4, 0.5) is 5.95 Å². The van der Waals surface area contributed by atoms with Crippen LogP contribution in [0.1, 0.15) is 19.7 Å². The summed E-state index contributed by atoms with van der Waals surface area (Å²) in [5.74, 6) is 2.38. The van der Waals surface area contributed by atoms with E-state index in [1.807, 2.05) is 24.3 Å². The minimum atomic E-state index is -0.269. The summed E-state index contributed by atoms with van der Waals surface area (Å²) in [6.07, 6.45) is 0. The smallest absolute Gasteiger partial charge is 0.294 e. The van der Waals surface area contributed by atoms with Gasteiger partial charge >= 0.3 is 0 Å². The summed E-state index contributed by atoms with van der Waals surface area (Å²) in [4.78, 5) is 22.3. The maximum atomic E-state index is 12.6. The largest absolute Gasteiger partial charge is 0.449 e. The summed E-state index contributed by atoms with van der Waals surface area (Å²) in [5.41, 5.74) is 1.24. The molecule has 1 aliphatic heterocycles. The van der Waals surface area contributed by atoms with Gasteiger partial charge in [0.25, 0.3) is 5.56 Å². The van der Waals surface area contributed by atoms with E-state index < -0.39 is 0 Å². The molecule has 0 unspecified atom stereocenters. The zero-order valence-electron chi connectivity index (χ0n) is 17.5. The van der Waals surface area contributed by atoms with Crippen molar-refractivity contribution >= 4 is 39.8 Å². The summed E-state index contributed by atoms with van der Waals surface area (Å²) in [6, 6.07) is 7.55. The molecule has 1 saturated heterocycles. The zero-order chi connectivity index (χ0) is 21.4. The van der Waals surface area contributed by atoms with Crippen LogP contribution >= 0.6 is 11.8 Å². The number of aromatic nitrogens is 5. The monoisotopic (exact) mass is 440 g/mol. The Morgan fingerprint density at radius 1 is 1.19 bits per heavy atom. The van der Waals surface area contributed by atoms with E-state index in [2.05, 4.69) is 43.5 Å². The number of para-hydroxylation sites is 1. The Balaban J connectivity index is 1.44. The number of nitrogens with one attached hydrogen (secondary N) is 1. The third-order valence-electron chi connectivity index (χ3n) is 5.16. The van der Waals surface area contributed by atoms with Crippen LogP contribution in [0.15, 0.2) is 38.6 Å². The predicted octanol–water partition coefficient (Wildman–Crippen LogP) is 3.05. The Morgan fingerprint density at radius 3 is 2.81 bits per heavy atom. The molecule has 10 heteroatoms. The van der Waals surface area contributed by atoms with Gasteiger partial charge in [-0.1, -0.05) is 37.7 Å². The number of benzene rings is 1. The third-order valence-corrected chi connectivity index (χ3v) is 6.14. The van der Waals surface area contributed by atoms with E-state index in [1.54, 1.807) is 0 Å². The highest BCUT2D eigenvalue weighted by Crippen LogP contribution is 2.28. The highest BCUT2D eigenvalue weighted by molar-refractivity contribution is 7.98. The van der Waals surface area contributed by atoms with Crippen molar-refractivity contribution in [2.45, 2.75) is 31.3 Å². The predicted molar refractivity (Wildman–Crippen MR) is 120 cm³/mol. The molecule has 1 fully saturated rings. The molecule has 0 aliphatic carbocycles. The molecule has 31 heavy (non-hydrogen) atoms. The summed E-state index contributed by atoms with van der Waals surface area (Å²) in [7, 11) is 0. The molecule has 0 spiro atoms. The molecule has 4 aromatic rings. The van der Waals surface area contributed by atoms with Crippen LogP contribution in [0.25, 0.3) is 22.1 Å². The van der Waals surface area contributed by atoms with E-state index in [-0.39, 0.29) is 11.1 Å². The maximum absolute atomic E-state index is 12.6. The molecule has 4 heterocycles. The van der Waals surface area contributed by atoms with Gasteiger partial charge in [-0.05, 0) is 18.1 Å². The first-order valence-corrected chi connectivity index (χ1v) is 11.4. The summed E-state index contributed by atoms with van der Waals surface area (Å²) >= 11 is 1.52. The van der Waals surface area contributed by atoms with Crippen molar-refractivity contribution in [2.75, 3.05) is 31.2 Å². The van der Waals surface area contributed by atoms with Crippen molar-refractivity contribution in [3.05, 3.63) is 40.4 Å². The number of H-pyrrole nitrogens is 1. The highest BCUT2D eigenvalue weighted by atomic mass is 32.2. The number of fused-ring (bicyclic) bond motifs is 3. The molecule has 0 radical (unpaired) electrons. The lowest BCUT2D eigenvalue weighted by molar-refractivity contribution is 0.121. The van der Waals surface area contributed by atoms with Gasteiger partial charge in [-0.25, -0.2) is 4.98 Å². The second-order valence-corrected chi connectivity index (χ2v) is 8.91. The van der Waals surface area contributed by atoms with Crippen LogP contribution in [0, 0.1) is 5.92 Å². The van der Waals surface area contributed by atoms with Crippen LogP contribution in [0.5, 0.6) is 0 Å². The molecule has 9 nitrogen and oxygen atoms in total. The van der Waals surface area contributed by atoms with E-state index in [9.17, 15) is 4.79 Å². The van der Waals surface area contributed by atoms with Crippen LogP contribution in [-0.4, -0.2) is 51.0 Å². The first kappa shape index (κ1) is 20.1. The summed E-state index contributed by atoms with van der Waals surface area (Å²) in [6.45, 7) is 8.17. The Bertz CT molecular complexity index is 1270. The van der Waals surface area contributed by atoms with Crippen LogP contribution in [-0.2, 0) is 17.0 Å². The van der Waals surface area contributed by atoms with E-state index >= 15 is 0 Å². The molecular weight excluding hydrogens is 416 g/mol. The molecule has 1 aromatic carbocycles. The molecule has 0 amide bonds. The molecule has 0 atom stereocenters. The van der Waals surface area contributed by atoms with Crippen molar-refractivity contribution < 1.29 is 9.15 Å². The number of ether oxygens (including phenoxy) is 1. The molecule has 0 saturated carbocycles. The molecule has 1 aliphatic rings. The van der Waals surface area contributed by atoms with Crippen LogP contribution in [0.3, 0.4) is 0 Å². The summed E-state index contributed by atoms with van der Waals surface area (Å²) < 4.78 is 13.3. The van der Waals surface area contributed by atoms with E-state index in [4.69, 9.17) is 9.15 Å². The molecule has 0 bridgehead atoms. The minimum Gasteiger partial charge on any atom is -0.449 e. The van der Waals surface area contributed by atoms with Gasteiger partial charge < -0.3 is 19.0 Å². The van der Waals surface area contributed by atoms with Gasteiger partial charge in [0.2, 0.25) is 11.5 Å². The molecular formula is C21H24N6O3S. The number of hydrogen-bond donors (Lipinski definition) is 1. The Hall–Kier alpha value is -2.85. The number of furan rings is 1. The van der Waals surface area contributed by atoms with Crippen molar-refractivity contribution in [2.24, 2.45) is 5.92 Å². The zero-order valence-corrected chi connectivity index (χ0v) is 18.3. The number of nitrogens with zero attached hydrogens (tertiary/aromatic N) is 5. The Labute approximate surface area is 182 Å². The van der Waals surface area contributed by atoms with Gasteiger partial charge in [-0.15, -0.1) is 10.2 Å². The first-order valence-electron chi connectivity index (χ1n) is 10.4. The van der Waals surface area contributed by atoms with Crippen molar-refractivity contribution in [3.63, 3.8) is 0 Å². The quantitative estimate of drug-likeness (QED) is 0.457. The van der Waals surface area contributed by atoms with Crippen molar-refractivity contribution in [1.82, 2.24) is 24.7 Å². The fourth-order valence-electron chi connectivity index (χ4n) is 3.76. The van der Waals surface area contributed by atoms with E-state index in [0.29, 0.717) is 41.8 Å². The SMILES string of the molecule is CC(C)Cn1c(SCc2nc3c(oc4ccccc43)c(=O)[nH]2)nnc1N1CCOCC1. The van der Waals surface area contributed by atoms with Gasteiger partial charge in [-0.3, -0.25) is 9.36 Å². The number of rotatable bonds is 6. The van der Waals surface area contributed by atoms with Crippen LogP contribution < -0.4 is 10.5 Å². The Morgan fingerprint density at radius 2 is 2.00 bits per heavy atom. The fraction of sp³-hybridized carbons (Fsp3) is 0.429. The number of hydrogen-bond acceptors (Lipinski definition) is 8. The highest BCUT2D eigenvalue weighted by Gasteiger charge is 2.22. The topological polar surface area (TPSA) is 102 Å². The second kappa shape index (κ2) is 8.35. The first-order chi connectivity index (χ1) is 15.1. The average molecular weight is 441 g/mol. The second-order valence-electron chi connectivity index (χ2n) is 7.96. The van der Waals surface area contributed by atoms with Gasteiger partial charge in [0, 0.05) is 25.0 Å². The molecule has 1 N–H and O–H groups in total. The average Bonchev–Trinajstić information content (AvgIpc) is 3.34. The number of aromatic amines is 1. The van der Waals surface area contributed by atoms with Crippen molar-refractivity contribution in [1.29, 1.82) is 0 Å². The van der Waals surface area contributed by atoms with Gasteiger partial charge in [0.15, 0.2) is 5.16 Å². The van der Waals surface area contributed by atoms with Crippen molar-refractivity contribution in [3.8, 4) is 0 Å². The number of morpholine rings is 1. The lowest BCUT2D eigenvalue weighted by Gasteiger charge is -2.28. The van der Waals surface area contributed by atoms with E-state index in [0.717, 1.165) is 36.1 Å². The molecule has 5 rings (SSSR count). The van der Waals surface area contributed by atoms with Crippen LogP contribution in [0.2, 0.25) is 0 Å². The van der Waals surface area contributed by atoms with E-state index in [1.165, 1.54) is 11.8 Å². The molecule has 162 valence electrons. The minimum absolute atomic E-state index is 0.257. The maximum Gasteiger partial charge on any atom is 0.294 e. The lowest BCUT2D eigenvalue weighted by atomic mass is 10.2. The third kappa shape index (κ3) is 3.92. The number of anilines is 1.